The molecule has 0 aliphatic carbocycles. The molecule has 2 N–H and O–H groups in total. The summed E-state index contributed by atoms with van der Waals surface area (Å²) < 4.78 is 14.8. The lowest BCUT2D eigenvalue weighted by Crippen LogP contribution is -2.35. The summed E-state index contributed by atoms with van der Waals surface area (Å²) in [6.45, 7) is 5.73. The van der Waals surface area contributed by atoms with Gasteiger partial charge in [0.15, 0.2) is 5.69 Å². The molecule has 1 saturated heterocycles. The number of piperidine rings is 1. The Bertz CT molecular complexity index is 722. The summed E-state index contributed by atoms with van der Waals surface area (Å²) in [7, 11) is 0. The Kier molecular flexibility index (Phi) is 5.43. The van der Waals surface area contributed by atoms with Crippen LogP contribution in [0.5, 0.6) is 0 Å². The quantitative estimate of drug-likeness (QED) is 0.870. The highest BCUT2D eigenvalue weighted by Gasteiger charge is 2.23. The van der Waals surface area contributed by atoms with Crippen molar-refractivity contribution in [1.82, 2.24) is 25.6 Å². The maximum Gasteiger partial charge on any atom is 0.273 e. The van der Waals surface area contributed by atoms with Crippen molar-refractivity contribution in [2.24, 2.45) is 0 Å². The van der Waals surface area contributed by atoms with Gasteiger partial charge in [0.1, 0.15) is 5.82 Å². The second-order valence-electron chi connectivity index (χ2n) is 6.65. The van der Waals surface area contributed by atoms with Gasteiger partial charge < -0.3 is 10.6 Å². The minimum absolute atomic E-state index is 0.0820. The van der Waals surface area contributed by atoms with Gasteiger partial charge in [-0.1, -0.05) is 17.3 Å². The molecule has 0 spiro atoms. The van der Waals surface area contributed by atoms with Crippen LogP contribution in [-0.4, -0.2) is 40.0 Å². The number of nitrogens with zero attached hydrogens (tertiary/aromatic N) is 3. The zero-order valence-electron chi connectivity index (χ0n) is 14.6. The van der Waals surface area contributed by atoms with Crippen LogP contribution in [0.15, 0.2) is 24.3 Å². The Hall–Kier alpha value is -2.28. The number of rotatable bonds is 5. The van der Waals surface area contributed by atoms with Crippen LogP contribution >= 0.6 is 0 Å². The van der Waals surface area contributed by atoms with Gasteiger partial charge in [-0.3, -0.25) is 4.79 Å². The lowest BCUT2D eigenvalue weighted by molar-refractivity contribution is 0.0934. The van der Waals surface area contributed by atoms with Gasteiger partial charge in [-0.15, -0.1) is 5.10 Å². The molecule has 7 heteroatoms. The van der Waals surface area contributed by atoms with E-state index in [1.54, 1.807) is 12.1 Å². The Labute approximate surface area is 146 Å². The first kappa shape index (κ1) is 17.5. The number of amides is 1. The summed E-state index contributed by atoms with van der Waals surface area (Å²) >= 11 is 0. The Morgan fingerprint density at radius 2 is 2.04 bits per heavy atom. The number of carbonyl (C=O) groups excluding carboxylic acids is 1. The van der Waals surface area contributed by atoms with Crippen molar-refractivity contribution < 1.29 is 9.18 Å². The Morgan fingerprint density at radius 1 is 1.36 bits per heavy atom. The molecule has 0 saturated carbocycles. The van der Waals surface area contributed by atoms with Gasteiger partial charge in [0, 0.05) is 6.04 Å². The molecule has 2 aromatic rings. The van der Waals surface area contributed by atoms with E-state index in [1.807, 2.05) is 18.5 Å². The molecule has 1 fully saturated rings. The highest BCUT2D eigenvalue weighted by atomic mass is 19.1. The molecule has 1 amide bonds. The van der Waals surface area contributed by atoms with E-state index < -0.39 is 0 Å². The fourth-order valence-electron chi connectivity index (χ4n) is 3.27. The number of aromatic nitrogens is 3. The molecule has 2 heterocycles. The van der Waals surface area contributed by atoms with Crippen molar-refractivity contribution in [3.8, 4) is 0 Å². The lowest BCUT2D eigenvalue weighted by Gasteiger charge is -2.23. The van der Waals surface area contributed by atoms with Crippen LogP contribution in [0.1, 0.15) is 47.6 Å². The number of hydrogen-bond donors (Lipinski definition) is 2. The van der Waals surface area contributed by atoms with E-state index in [9.17, 15) is 9.18 Å². The molecule has 1 aromatic heterocycles. The average Bonchev–Trinajstić information content (AvgIpc) is 2.99. The molecule has 0 unspecified atom stereocenters. The molecule has 1 aliphatic rings. The van der Waals surface area contributed by atoms with Crippen molar-refractivity contribution in [2.75, 3.05) is 13.1 Å². The number of benzene rings is 1. The molecule has 1 atom stereocenters. The summed E-state index contributed by atoms with van der Waals surface area (Å²) in [5.74, 6) is -0.474. The molecule has 1 aromatic carbocycles. The van der Waals surface area contributed by atoms with Crippen molar-refractivity contribution in [2.45, 2.75) is 45.2 Å². The average molecular weight is 345 g/mol. The van der Waals surface area contributed by atoms with E-state index in [4.69, 9.17) is 0 Å². The molecular weight excluding hydrogens is 321 g/mol. The Morgan fingerprint density at radius 3 is 2.72 bits per heavy atom. The van der Waals surface area contributed by atoms with Gasteiger partial charge in [-0.25, -0.2) is 9.07 Å². The smallest absolute Gasteiger partial charge is 0.273 e. The SMILES string of the molecule is Cc1c(C(=O)N[C@H](C)Cc2ccc(F)cc2)nnn1C1CCNCC1. The standard InChI is InChI=1S/C18H24FN5O/c1-12(11-14-3-5-15(19)6-4-14)21-18(25)17-13(2)24(23-22-17)16-7-9-20-10-8-16/h3-6,12,16,20H,7-11H2,1-2H3,(H,21,25)/t12-/m1/s1. The topological polar surface area (TPSA) is 71.8 Å². The van der Waals surface area contributed by atoms with Crippen molar-refractivity contribution in [3.05, 3.63) is 47.0 Å². The number of carbonyl (C=O) groups is 1. The fourth-order valence-corrected chi connectivity index (χ4v) is 3.27. The van der Waals surface area contributed by atoms with Crippen LogP contribution in [0.2, 0.25) is 0 Å². The van der Waals surface area contributed by atoms with E-state index >= 15 is 0 Å². The number of halogens is 1. The van der Waals surface area contributed by atoms with Crippen molar-refractivity contribution >= 4 is 5.91 Å². The summed E-state index contributed by atoms with van der Waals surface area (Å²) in [6, 6.07) is 6.54. The van der Waals surface area contributed by atoms with Gasteiger partial charge in [-0.05, 0) is 63.9 Å². The molecule has 1 aliphatic heterocycles. The first-order valence-electron chi connectivity index (χ1n) is 8.72. The van der Waals surface area contributed by atoms with Crippen LogP contribution in [0, 0.1) is 12.7 Å². The van der Waals surface area contributed by atoms with E-state index in [0.29, 0.717) is 18.2 Å². The van der Waals surface area contributed by atoms with Crippen LogP contribution in [0.3, 0.4) is 0 Å². The molecule has 0 bridgehead atoms. The van der Waals surface area contributed by atoms with E-state index in [1.165, 1.54) is 12.1 Å². The van der Waals surface area contributed by atoms with Crippen LogP contribution < -0.4 is 10.6 Å². The maximum absolute atomic E-state index is 13.0. The van der Waals surface area contributed by atoms with Gasteiger partial charge in [0.25, 0.3) is 5.91 Å². The Balaban J connectivity index is 1.62. The third-order valence-electron chi connectivity index (χ3n) is 4.63. The number of hydrogen-bond acceptors (Lipinski definition) is 4. The van der Waals surface area contributed by atoms with Crippen molar-refractivity contribution in [3.63, 3.8) is 0 Å². The van der Waals surface area contributed by atoms with Crippen LogP contribution in [-0.2, 0) is 6.42 Å². The molecule has 134 valence electrons. The molecule has 0 radical (unpaired) electrons. The van der Waals surface area contributed by atoms with Crippen LogP contribution in [0.25, 0.3) is 0 Å². The normalized spacial score (nSPS) is 16.6. The second-order valence-corrected chi connectivity index (χ2v) is 6.65. The monoisotopic (exact) mass is 345 g/mol. The summed E-state index contributed by atoms with van der Waals surface area (Å²) in [4.78, 5) is 12.5. The third-order valence-corrected chi connectivity index (χ3v) is 4.63. The van der Waals surface area contributed by atoms with Gasteiger partial charge in [0.2, 0.25) is 0 Å². The molecule has 6 nitrogen and oxygen atoms in total. The summed E-state index contributed by atoms with van der Waals surface area (Å²) in [6.07, 6.45) is 2.62. The first-order valence-corrected chi connectivity index (χ1v) is 8.72. The van der Waals surface area contributed by atoms with Gasteiger partial charge in [0.05, 0.1) is 11.7 Å². The van der Waals surface area contributed by atoms with Gasteiger partial charge >= 0.3 is 0 Å². The number of nitrogens with one attached hydrogen (secondary N) is 2. The molecule has 3 rings (SSSR count). The first-order chi connectivity index (χ1) is 12.0. The maximum atomic E-state index is 13.0. The van der Waals surface area contributed by atoms with E-state index in [0.717, 1.165) is 37.2 Å². The third kappa shape index (κ3) is 4.22. The summed E-state index contributed by atoms with van der Waals surface area (Å²) in [5, 5.41) is 14.6. The van der Waals surface area contributed by atoms with E-state index in [-0.39, 0.29) is 17.8 Å². The predicted molar refractivity (Wildman–Crippen MR) is 92.9 cm³/mol. The highest BCUT2D eigenvalue weighted by molar-refractivity contribution is 5.93. The predicted octanol–water partition coefficient (Wildman–Crippen LogP) is 2.01. The zero-order chi connectivity index (χ0) is 17.8. The molecule has 25 heavy (non-hydrogen) atoms. The molecular formula is C18H24FN5O. The lowest BCUT2D eigenvalue weighted by atomic mass is 10.1. The van der Waals surface area contributed by atoms with E-state index in [2.05, 4.69) is 20.9 Å². The largest absolute Gasteiger partial charge is 0.348 e. The van der Waals surface area contributed by atoms with Crippen molar-refractivity contribution in [1.29, 1.82) is 0 Å². The summed E-state index contributed by atoms with van der Waals surface area (Å²) in [5.41, 5.74) is 2.16. The minimum atomic E-state index is -0.259. The fraction of sp³-hybridized carbons (Fsp3) is 0.500. The van der Waals surface area contributed by atoms with Crippen LogP contribution in [0.4, 0.5) is 4.39 Å². The minimum Gasteiger partial charge on any atom is -0.348 e. The highest BCUT2D eigenvalue weighted by Crippen LogP contribution is 2.20. The second kappa shape index (κ2) is 7.74. The van der Waals surface area contributed by atoms with Gasteiger partial charge in [-0.2, -0.15) is 0 Å². The zero-order valence-corrected chi connectivity index (χ0v) is 14.6.